The molecule has 0 aliphatic carbocycles. The van der Waals surface area contributed by atoms with Gasteiger partial charge in [0, 0.05) is 13.1 Å². The van der Waals surface area contributed by atoms with Crippen LogP contribution in [0.3, 0.4) is 0 Å². The van der Waals surface area contributed by atoms with Crippen molar-refractivity contribution in [1.82, 2.24) is 4.31 Å². The summed E-state index contributed by atoms with van der Waals surface area (Å²) in [5, 5.41) is 17.7. The molecule has 0 aromatic heterocycles. The largest absolute Gasteiger partial charge is 0.481 e. The second-order valence-electron chi connectivity index (χ2n) is 4.88. The van der Waals surface area contributed by atoms with Gasteiger partial charge in [-0.2, -0.15) is 9.57 Å². The first kappa shape index (κ1) is 14.5. The number of carboxylic acid groups (broad SMARTS) is 1. The van der Waals surface area contributed by atoms with Crippen LogP contribution in [0.25, 0.3) is 0 Å². The monoisotopic (exact) mass is 294 g/mol. The van der Waals surface area contributed by atoms with Crippen LogP contribution in [0.5, 0.6) is 0 Å². The zero-order valence-corrected chi connectivity index (χ0v) is 11.7. The average molecular weight is 294 g/mol. The fourth-order valence-electron chi connectivity index (χ4n) is 2.29. The van der Waals surface area contributed by atoms with Crippen molar-refractivity contribution in [3.8, 4) is 6.07 Å². The predicted molar refractivity (Wildman–Crippen MR) is 70.2 cm³/mol. The topological polar surface area (TPSA) is 98.5 Å². The number of nitriles is 1. The molecule has 1 heterocycles. The molecule has 106 valence electrons. The highest BCUT2D eigenvalue weighted by Crippen LogP contribution is 2.28. The highest BCUT2D eigenvalue weighted by molar-refractivity contribution is 7.89. The van der Waals surface area contributed by atoms with Crippen LogP contribution in [0.1, 0.15) is 12.5 Å². The summed E-state index contributed by atoms with van der Waals surface area (Å²) in [5.74, 6) is -1.88. The Kier molecular flexibility index (Phi) is 3.79. The first-order chi connectivity index (χ1) is 9.36. The van der Waals surface area contributed by atoms with Gasteiger partial charge in [0.25, 0.3) is 0 Å². The number of hydrogen-bond donors (Lipinski definition) is 1. The van der Waals surface area contributed by atoms with Gasteiger partial charge in [-0.25, -0.2) is 8.42 Å². The van der Waals surface area contributed by atoms with E-state index in [1.165, 1.54) is 28.6 Å². The van der Waals surface area contributed by atoms with Gasteiger partial charge in [-0.05, 0) is 30.2 Å². The number of nitrogens with zero attached hydrogens (tertiary/aromatic N) is 2. The van der Waals surface area contributed by atoms with E-state index in [0.29, 0.717) is 5.56 Å². The summed E-state index contributed by atoms with van der Waals surface area (Å²) in [5.41, 5.74) is 0.377. The van der Waals surface area contributed by atoms with Gasteiger partial charge >= 0.3 is 5.97 Å². The van der Waals surface area contributed by atoms with Crippen LogP contribution in [-0.2, 0) is 14.8 Å². The minimum Gasteiger partial charge on any atom is -0.481 e. The van der Waals surface area contributed by atoms with E-state index in [9.17, 15) is 13.2 Å². The molecule has 2 atom stereocenters. The molecule has 1 saturated heterocycles. The summed E-state index contributed by atoms with van der Waals surface area (Å²) in [6.45, 7) is 1.91. The molecule has 6 nitrogen and oxygen atoms in total. The number of benzene rings is 1. The van der Waals surface area contributed by atoms with Crippen molar-refractivity contribution in [1.29, 1.82) is 5.26 Å². The van der Waals surface area contributed by atoms with E-state index >= 15 is 0 Å². The molecule has 1 aliphatic heterocycles. The molecule has 1 aromatic rings. The Hall–Kier alpha value is -1.91. The molecular formula is C13H14N2O4S. The van der Waals surface area contributed by atoms with Gasteiger partial charge in [0.15, 0.2) is 0 Å². The van der Waals surface area contributed by atoms with Crippen LogP contribution in [-0.4, -0.2) is 36.9 Å². The molecule has 0 spiro atoms. The molecule has 20 heavy (non-hydrogen) atoms. The van der Waals surface area contributed by atoms with E-state index in [-0.39, 0.29) is 23.9 Å². The Balaban J connectivity index is 2.27. The normalized spacial score (nSPS) is 23.4. The molecule has 0 saturated carbocycles. The summed E-state index contributed by atoms with van der Waals surface area (Å²) >= 11 is 0. The van der Waals surface area contributed by atoms with E-state index in [1.807, 2.05) is 6.07 Å². The Morgan fingerprint density at radius 3 is 2.40 bits per heavy atom. The minimum atomic E-state index is -3.70. The summed E-state index contributed by atoms with van der Waals surface area (Å²) < 4.78 is 26.0. The summed E-state index contributed by atoms with van der Waals surface area (Å²) in [6.07, 6.45) is 0. The molecule has 7 heteroatoms. The lowest BCUT2D eigenvalue weighted by molar-refractivity contribution is -0.142. The Bertz CT molecular complexity index is 661. The first-order valence-electron chi connectivity index (χ1n) is 6.09. The highest BCUT2D eigenvalue weighted by atomic mass is 32.2. The molecule has 1 aromatic carbocycles. The first-order valence-corrected chi connectivity index (χ1v) is 7.53. The SMILES string of the molecule is C[C@@H]1CN(S(=O)(=O)c2ccc(C#N)cc2)C[C@H]1C(=O)O. The molecule has 1 aliphatic rings. The van der Waals surface area contributed by atoms with Gasteiger partial charge in [-0.15, -0.1) is 0 Å². The van der Waals surface area contributed by atoms with Gasteiger partial charge in [0.1, 0.15) is 0 Å². The van der Waals surface area contributed by atoms with Gasteiger partial charge < -0.3 is 5.11 Å². The van der Waals surface area contributed by atoms with E-state index < -0.39 is 21.9 Å². The van der Waals surface area contributed by atoms with Gasteiger partial charge in [-0.3, -0.25) is 4.79 Å². The van der Waals surface area contributed by atoms with Crippen molar-refractivity contribution in [3.63, 3.8) is 0 Å². The fourth-order valence-corrected chi connectivity index (χ4v) is 3.86. The number of sulfonamides is 1. The number of carbonyl (C=O) groups is 1. The molecule has 0 bridgehead atoms. The van der Waals surface area contributed by atoms with Gasteiger partial charge in [-0.1, -0.05) is 6.92 Å². The Morgan fingerprint density at radius 2 is 1.95 bits per heavy atom. The Labute approximate surface area is 117 Å². The zero-order valence-electron chi connectivity index (χ0n) is 10.9. The maximum Gasteiger partial charge on any atom is 0.308 e. The summed E-state index contributed by atoms with van der Waals surface area (Å²) in [6, 6.07) is 7.52. The standard InChI is InChI=1S/C13H14N2O4S/c1-9-7-15(8-12(9)13(16)17)20(18,19)11-4-2-10(6-14)3-5-11/h2-5,9,12H,7-8H2,1H3,(H,16,17)/t9-,12-/m1/s1. The third-order valence-electron chi connectivity index (χ3n) is 3.52. The van der Waals surface area contributed by atoms with Crippen molar-refractivity contribution >= 4 is 16.0 Å². The van der Waals surface area contributed by atoms with Crippen molar-refractivity contribution in [3.05, 3.63) is 29.8 Å². The lowest BCUT2D eigenvalue weighted by Gasteiger charge is -2.16. The van der Waals surface area contributed by atoms with Crippen LogP contribution < -0.4 is 0 Å². The molecular weight excluding hydrogens is 280 g/mol. The second kappa shape index (κ2) is 5.23. The number of rotatable bonds is 3. The second-order valence-corrected chi connectivity index (χ2v) is 6.82. The maximum atomic E-state index is 12.4. The third kappa shape index (κ3) is 2.53. The minimum absolute atomic E-state index is 0.0150. The molecule has 2 rings (SSSR count). The average Bonchev–Trinajstić information content (AvgIpc) is 2.82. The molecule has 1 N–H and O–H groups in total. The number of hydrogen-bond acceptors (Lipinski definition) is 4. The third-order valence-corrected chi connectivity index (χ3v) is 5.36. The van der Waals surface area contributed by atoms with Crippen molar-refractivity contribution < 1.29 is 18.3 Å². The fraction of sp³-hybridized carbons (Fsp3) is 0.385. The van der Waals surface area contributed by atoms with E-state index in [1.54, 1.807) is 6.92 Å². The van der Waals surface area contributed by atoms with E-state index in [2.05, 4.69) is 0 Å². The molecule has 0 radical (unpaired) electrons. The van der Waals surface area contributed by atoms with Crippen molar-refractivity contribution in [2.24, 2.45) is 11.8 Å². The van der Waals surface area contributed by atoms with Gasteiger partial charge in [0.2, 0.25) is 10.0 Å². The quantitative estimate of drug-likeness (QED) is 0.893. The van der Waals surface area contributed by atoms with Crippen LogP contribution in [0.15, 0.2) is 29.2 Å². The number of carboxylic acids is 1. The lowest BCUT2D eigenvalue weighted by atomic mass is 9.99. The van der Waals surface area contributed by atoms with Crippen molar-refractivity contribution in [2.45, 2.75) is 11.8 Å². The zero-order chi connectivity index (χ0) is 14.9. The maximum absolute atomic E-state index is 12.4. The molecule has 0 unspecified atom stereocenters. The Morgan fingerprint density at radius 1 is 1.35 bits per heavy atom. The number of aliphatic carboxylic acids is 1. The van der Waals surface area contributed by atoms with Gasteiger partial charge in [0.05, 0.1) is 22.4 Å². The van der Waals surface area contributed by atoms with E-state index in [0.717, 1.165) is 0 Å². The predicted octanol–water partition coefficient (Wildman–Crippen LogP) is 0.899. The van der Waals surface area contributed by atoms with Crippen LogP contribution in [0.4, 0.5) is 0 Å². The van der Waals surface area contributed by atoms with E-state index in [4.69, 9.17) is 10.4 Å². The molecule has 0 amide bonds. The highest BCUT2D eigenvalue weighted by Gasteiger charge is 2.40. The summed E-state index contributed by atoms with van der Waals surface area (Å²) in [7, 11) is -3.70. The molecule has 1 fully saturated rings. The van der Waals surface area contributed by atoms with Crippen LogP contribution in [0.2, 0.25) is 0 Å². The van der Waals surface area contributed by atoms with Crippen LogP contribution >= 0.6 is 0 Å². The van der Waals surface area contributed by atoms with Crippen LogP contribution in [0, 0.1) is 23.2 Å². The lowest BCUT2D eigenvalue weighted by Crippen LogP contribution is -2.30. The van der Waals surface area contributed by atoms with Crippen molar-refractivity contribution in [2.75, 3.05) is 13.1 Å². The smallest absolute Gasteiger partial charge is 0.308 e. The summed E-state index contributed by atoms with van der Waals surface area (Å²) in [4.78, 5) is 11.1.